The molecule has 0 aliphatic rings. The molecule has 1 rings (SSSR count). The van der Waals surface area contributed by atoms with E-state index in [1.165, 1.54) is 18.2 Å². The monoisotopic (exact) mass is 245 g/mol. The van der Waals surface area contributed by atoms with Gasteiger partial charge < -0.3 is 9.84 Å². The molecule has 1 aromatic rings. The summed E-state index contributed by atoms with van der Waals surface area (Å²) in [6.07, 6.45) is 1.38. The predicted octanol–water partition coefficient (Wildman–Crippen LogP) is 2.64. The highest BCUT2D eigenvalue weighted by molar-refractivity contribution is 5.98. The Morgan fingerprint density at radius 3 is 2.61 bits per heavy atom. The number of carbonyl (C=O) groups excluding carboxylic acids is 1. The van der Waals surface area contributed by atoms with E-state index in [1.807, 2.05) is 0 Å². The van der Waals surface area contributed by atoms with Crippen LogP contribution in [-0.2, 0) is 9.53 Å². The lowest BCUT2D eigenvalue weighted by molar-refractivity contribution is -0.149. The van der Waals surface area contributed by atoms with Crippen LogP contribution in [0.4, 0.5) is 0 Å². The highest BCUT2D eigenvalue weighted by Crippen LogP contribution is 2.16. The minimum Gasteiger partial charge on any atom is -0.508 e. The molecular weight excluding hydrogens is 230 g/mol. The molecule has 0 spiro atoms. The zero-order chi connectivity index (χ0) is 13.8. The number of carbonyl (C=O) groups is 1. The molecule has 0 aliphatic carbocycles. The van der Waals surface area contributed by atoms with Gasteiger partial charge in [-0.25, -0.2) is 4.79 Å². The first-order valence-corrected chi connectivity index (χ1v) is 5.46. The predicted molar refractivity (Wildman–Crippen MR) is 67.5 cm³/mol. The molecule has 0 radical (unpaired) electrons. The molecule has 0 fully saturated rings. The quantitative estimate of drug-likeness (QED) is 0.494. The number of benzene rings is 1. The average Bonchev–Trinajstić information content (AvgIpc) is 2.23. The molecule has 0 saturated carbocycles. The van der Waals surface area contributed by atoms with Gasteiger partial charge in [0.2, 0.25) is 0 Å². The van der Waals surface area contributed by atoms with Gasteiger partial charge in [-0.3, -0.25) is 0 Å². The lowest BCUT2D eigenvalue weighted by atomic mass is 10.1. The molecule has 4 heteroatoms. The van der Waals surface area contributed by atoms with Crippen LogP contribution < -0.4 is 0 Å². The minimum absolute atomic E-state index is 0.0743. The van der Waals surface area contributed by atoms with Crippen LogP contribution in [-0.4, -0.2) is 16.7 Å². The maximum Gasteiger partial charge on any atom is 0.349 e. The second-order valence-electron chi connectivity index (χ2n) is 4.77. The van der Waals surface area contributed by atoms with Crippen LogP contribution in [0.15, 0.2) is 29.8 Å². The zero-order valence-electron chi connectivity index (χ0n) is 10.6. The van der Waals surface area contributed by atoms with Gasteiger partial charge in [0, 0.05) is 0 Å². The van der Waals surface area contributed by atoms with Crippen LogP contribution in [0.2, 0.25) is 0 Å². The molecule has 94 valence electrons. The van der Waals surface area contributed by atoms with Crippen molar-refractivity contribution in [2.45, 2.75) is 26.4 Å². The summed E-state index contributed by atoms with van der Waals surface area (Å²) in [5.41, 5.74) is -0.181. The van der Waals surface area contributed by atoms with Gasteiger partial charge in [-0.1, -0.05) is 12.1 Å². The summed E-state index contributed by atoms with van der Waals surface area (Å²) in [6.45, 7) is 5.19. The van der Waals surface area contributed by atoms with Crippen molar-refractivity contribution in [1.82, 2.24) is 0 Å². The summed E-state index contributed by atoms with van der Waals surface area (Å²) < 4.78 is 5.10. The Hall–Kier alpha value is -2.28. The molecule has 0 aliphatic heterocycles. The number of rotatable bonds is 2. The van der Waals surface area contributed by atoms with Crippen molar-refractivity contribution < 1.29 is 14.6 Å². The van der Waals surface area contributed by atoms with Crippen LogP contribution in [0.3, 0.4) is 0 Å². The number of nitrogens with zero attached hydrogens (tertiary/aromatic N) is 1. The van der Waals surface area contributed by atoms with Gasteiger partial charge in [0.1, 0.15) is 23.0 Å². The Bertz CT molecular complexity index is 519. The highest BCUT2D eigenvalue weighted by atomic mass is 16.6. The van der Waals surface area contributed by atoms with Gasteiger partial charge in [-0.15, -0.1) is 0 Å². The Morgan fingerprint density at radius 1 is 1.44 bits per heavy atom. The van der Waals surface area contributed by atoms with Crippen molar-refractivity contribution >= 4 is 12.0 Å². The summed E-state index contributed by atoms with van der Waals surface area (Å²) in [4.78, 5) is 11.7. The Morgan fingerprint density at radius 2 is 2.11 bits per heavy atom. The van der Waals surface area contributed by atoms with Crippen molar-refractivity contribution in [2.75, 3.05) is 0 Å². The standard InChI is InChI=1S/C14H15NO3/c1-14(2,3)18-13(17)11(9-15)7-10-5-4-6-12(16)8-10/h4-8,16H,1-3H3/b11-7+. The smallest absolute Gasteiger partial charge is 0.349 e. The number of hydrogen-bond acceptors (Lipinski definition) is 4. The molecule has 0 bridgehead atoms. The van der Waals surface area contributed by atoms with Gasteiger partial charge in [0.05, 0.1) is 0 Å². The molecule has 1 aromatic carbocycles. The van der Waals surface area contributed by atoms with Gasteiger partial charge in [-0.2, -0.15) is 5.26 Å². The number of nitriles is 1. The molecule has 0 amide bonds. The van der Waals surface area contributed by atoms with E-state index < -0.39 is 11.6 Å². The van der Waals surface area contributed by atoms with Crippen LogP contribution in [0.1, 0.15) is 26.3 Å². The highest BCUT2D eigenvalue weighted by Gasteiger charge is 2.19. The molecule has 0 saturated heterocycles. The van der Waals surface area contributed by atoms with E-state index in [2.05, 4.69) is 0 Å². The minimum atomic E-state index is -0.673. The fourth-order valence-electron chi connectivity index (χ4n) is 1.25. The van der Waals surface area contributed by atoms with Crippen molar-refractivity contribution in [1.29, 1.82) is 5.26 Å². The second kappa shape index (κ2) is 5.37. The lowest BCUT2D eigenvalue weighted by Crippen LogP contribution is -2.24. The largest absolute Gasteiger partial charge is 0.508 e. The zero-order valence-corrected chi connectivity index (χ0v) is 10.6. The number of hydrogen-bond donors (Lipinski definition) is 1. The molecule has 1 N–H and O–H groups in total. The Balaban J connectivity index is 2.97. The lowest BCUT2D eigenvalue weighted by Gasteiger charge is -2.18. The number of aromatic hydroxyl groups is 1. The van der Waals surface area contributed by atoms with Crippen molar-refractivity contribution in [3.63, 3.8) is 0 Å². The maximum atomic E-state index is 11.7. The molecule has 18 heavy (non-hydrogen) atoms. The van der Waals surface area contributed by atoms with E-state index in [0.29, 0.717) is 5.56 Å². The Kier molecular flexibility index (Phi) is 4.11. The normalized spacial score (nSPS) is 11.8. The molecular formula is C14H15NO3. The van der Waals surface area contributed by atoms with E-state index in [0.717, 1.165) is 0 Å². The van der Waals surface area contributed by atoms with Gasteiger partial charge in [0.15, 0.2) is 0 Å². The van der Waals surface area contributed by atoms with Crippen molar-refractivity contribution in [3.05, 3.63) is 35.4 Å². The SMILES string of the molecule is CC(C)(C)OC(=O)/C(C#N)=C/c1cccc(O)c1. The number of phenolic OH excluding ortho intramolecular Hbond substituents is 1. The first kappa shape index (κ1) is 13.8. The number of phenols is 1. The molecule has 0 atom stereocenters. The third-order valence-corrected chi connectivity index (χ3v) is 1.92. The third-order valence-electron chi connectivity index (χ3n) is 1.92. The van der Waals surface area contributed by atoms with E-state index in [-0.39, 0.29) is 11.3 Å². The Labute approximate surface area is 106 Å². The van der Waals surface area contributed by atoms with Crippen LogP contribution in [0, 0.1) is 11.3 Å². The second-order valence-corrected chi connectivity index (χ2v) is 4.77. The van der Waals surface area contributed by atoms with E-state index >= 15 is 0 Å². The first-order valence-electron chi connectivity index (χ1n) is 5.46. The van der Waals surface area contributed by atoms with Crippen molar-refractivity contribution in [2.24, 2.45) is 0 Å². The molecule has 0 heterocycles. The first-order chi connectivity index (χ1) is 8.31. The van der Waals surface area contributed by atoms with Gasteiger partial charge in [-0.05, 0) is 44.5 Å². The third kappa shape index (κ3) is 4.30. The molecule has 0 aromatic heterocycles. The molecule has 4 nitrogen and oxygen atoms in total. The topological polar surface area (TPSA) is 70.3 Å². The number of esters is 1. The van der Waals surface area contributed by atoms with Gasteiger partial charge >= 0.3 is 5.97 Å². The molecule has 0 unspecified atom stereocenters. The van der Waals surface area contributed by atoms with E-state index in [1.54, 1.807) is 39.0 Å². The van der Waals surface area contributed by atoms with Crippen LogP contribution in [0.5, 0.6) is 5.75 Å². The van der Waals surface area contributed by atoms with E-state index in [9.17, 15) is 9.90 Å². The summed E-state index contributed by atoms with van der Waals surface area (Å²) in [5.74, 6) is -0.599. The van der Waals surface area contributed by atoms with Gasteiger partial charge in [0.25, 0.3) is 0 Å². The fourth-order valence-corrected chi connectivity index (χ4v) is 1.25. The summed E-state index contributed by atoms with van der Waals surface area (Å²) in [5, 5.41) is 18.2. The summed E-state index contributed by atoms with van der Waals surface area (Å²) >= 11 is 0. The maximum absolute atomic E-state index is 11.7. The summed E-state index contributed by atoms with van der Waals surface area (Å²) in [7, 11) is 0. The average molecular weight is 245 g/mol. The van der Waals surface area contributed by atoms with Crippen LogP contribution in [0.25, 0.3) is 6.08 Å². The fraction of sp³-hybridized carbons (Fsp3) is 0.286. The van der Waals surface area contributed by atoms with E-state index in [4.69, 9.17) is 10.00 Å². The summed E-state index contributed by atoms with van der Waals surface area (Å²) in [6, 6.07) is 8.08. The van der Waals surface area contributed by atoms with Crippen molar-refractivity contribution in [3.8, 4) is 11.8 Å². The number of ether oxygens (including phenoxy) is 1. The van der Waals surface area contributed by atoms with Crippen LogP contribution >= 0.6 is 0 Å².